The summed E-state index contributed by atoms with van der Waals surface area (Å²) in [7, 11) is 1.79. The second-order valence-corrected chi connectivity index (χ2v) is 6.82. The van der Waals surface area contributed by atoms with Crippen LogP contribution in [0.2, 0.25) is 0 Å². The standard InChI is InChI=1S/C21H30N4O2.HI/c1-17-7-5-8-18(15-17)26-14-10-23-21(22-2)24-16-19(20-9-6-13-27-20)25-11-3-4-12-25;/h5-9,13,15,19H,3-4,10-12,14,16H2,1-2H3,(H2,22,23,24);1H. The lowest BCUT2D eigenvalue weighted by atomic mass is 10.2. The van der Waals surface area contributed by atoms with E-state index in [-0.39, 0.29) is 30.0 Å². The van der Waals surface area contributed by atoms with Crippen molar-refractivity contribution in [2.24, 2.45) is 4.99 Å². The maximum absolute atomic E-state index is 5.78. The number of rotatable bonds is 8. The molecule has 1 aromatic carbocycles. The third-order valence-corrected chi connectivity index (χ3v) is 4.79. The van der Waals surface area contributed by atoms with E-state index in [2.05, 4.69) is 39.6 Å². The van der Waals surface area contributed by atoms with Crippen molar-refractivity contribution >= 4 is 29.9 Å². The number of aryl methyl sites for hydroxylation is 1. The van der Waals surface area contributed by atoms with Crippen LogP contribution >= 0.6 is 24.0 Å². The van der Waals surface area contributed by atoms with E-state index in [9.17, 15) is 0 Å². The number of nitrogens with one attached hydrogen (secondary N) is 2. The van der Waals surface area contributed by atoms with Crippen molar-refractivity contribution in [3.8, 4) is 5.75 Å². The fourth-order valence-electron chi connectivity index (χ4n) is 3.40. The highest BCUT2D eigenvalue weighted by molar-refractivity contribution is 14.0. The molecule has 2 heterocycles. The highest BCUT2D eigenvalue weighted by Crippen LogP contribution is 2.24. The molecule has 0 saturated carbocycles. The minimum Gasteiger partial charge on any atom is -0.492 e. The molecule has 3 rings (SSSR count). The Morgan fingerprint density at radius 3 is 2.71 bits per heavy atom. The third-order valence-electron chi connectivity index (χ3n) is 4.79. The number of benzene rings is 1. The Morgan fingerprint density at radius 1 is 1.21 bits per heavy atom. The average molecular weight is 498 g/mol. The first-order chi connectivity index (χ1) is 13.3. The average Bonchev–Trinajstić information content (AvgIpc) is 3.38. The molecular formula is C21H31IN4O2. The smallest absolute Gasteiger partial charge is 0.191 e. The van der Waals surface area contributed by atoms with Gasteiger partial charge in [-0.25, -0.2) is 0 Å². The Morgan fingerprint density at radius 2 is 2.04 bits per heavy atom. The lowest BCUT2D eigenvalue weighted by molar-refractivity contribution is 0.215. The zero-order chi connectivity index (χ0) is 18.9. The van der Waals surface area contributed by atoms with Crippen molar-refractivity contribution in [2.75, 3.05) is 39.8 Å². The first kappa shape index (κ1) is 22.5. The van der Waals surface area contributed by atoms with E-state index in [0.717, 1.165) is 37.1 Å². The summed E-state index contributed by atoms with van der Waals surface area (Å²) in [6, 6.07) is 12.3. The number of nitrogens with zero attached hydrogens (tertiary/aromatic N) is 2. The first-order valence-corrected chi connectivity index (χ1v) is 9.67. The molecule has 1 aliphatic heterocycles. The third kappa shape index (κ3) is 6.70. The van der Waals surface area contributed by atoms with Crippen molar-refractivity contribution in [1.29, 1.82) is 0 Å². The van der Waals surface area contributed by atoms with Gasteiger partial charge in [0.2, 0.25) is 0 Å². The van der Waals surface area contributed by atoms with Crippen LogP contribution < -0.4 is 15.4 Å². The van der Waals surface area contributed by atoms with Gasteiger partial charge in [-0.3, -0.25) is 9.89 Å². The fourth-order valence-corrected chi connectivity index (χ4v) is 3.40. The quantitative estimate of drug-likeness (QED) is 0.252. The lowest BCUT2D eigenvalue weighted by Crippen LogP contribution is -2.43. The van der Waals surface area contributed by atoms with Crippen molar-refractivity contribution < 1.29 is 9.15 Å². The van der Waals surface area contributed by atoms with Crippen molar-refractivity contribution in [1.82, 2.24) is 15.5 Å². The number of likely N-dealkylation sites (tertiary alicyclic amines) is 1. The van der Waals surface area contributed by atoms with Gasteiger partial charge in [-0.05, 0) is 62.7 Å². The number of furan rings is 1. The second-order valence-electron chi connectivity index (χ2n) is 6.82. The van der Waals surface area contributed by atoms with E-state index in [1.165, 1.54) is 18.4 Å². The molecule has 1 aromatic heterocycles. The van der Waals surface area contributed by atoms with Gasteiger partial charge in [0.25, 0.3) is 0 Å². The van der Waals surface area contributed by atoms with Crippen LogP contribution in [0.1, 0.15) is 30.2 Å². The zero-order valence-corrected chi connectivity index (χ0v) is 19.0. The zero-order valence-electron chi connectivity index (χ0n) is 16.7. The van der Waals surface area contributed by atoms with Crippen LogP contribution in [0.15, 0.2) is 52.1 Å². The monoisotopic (exact) mass is 498 g/mol. The van der Waals surface area contributed by atoms with Gasteiger partial charge in [0.05, 0.1) is 18.8 Å². The molecule has 1 fully saturated rings. The molecule has 1 aliphatic rings. The molecule has 1 unspecified atom stereocenters. The molecule has 0 radical (unpaired) electrons. The van der Waals surface area contributed by atoms with Crippen LogP contribution in [0.4, 0.5) is 0 Å². The summed E-state index contributed by atoms with van der Waals surface area (Å²) in [5, 5.41) is 6.73. The SMILES string of the molecule is CN=C(NCCOc1cccc(C)c1)NCC(c1ccco1)N1CCCC1.I. The molecule has 28 heavy (non-hydrogen) atoms. The molecule has 0 amide bonds. The fraction of sp³-hybridized carbons (Fsp3) is 0.476. The predicted octanol–water partition coefficient (Wildman–Crippen LogP) is 3.59. The van der Waals surface area contributed by atoms with Crippen molar-refractivity contribution in [2.45, 2.75) is 25.8 Å². The predicted molar refractivity (Wildman–Crippen MR) is 124 cm³/mol. The largest absolute Gasteiger partial charge is 0.492 e. The molecule has 154 valence electrons. The summed E-state index contributed by atoms with van der Waals surface area (Å²) in [5.41, 5.74) is 1.20. The van der Waals surface area contributed by atoms with Crippen molar-refractivity contribution in [3.63, 3.8) is 0 Å². The summed E-state index contributed by atoms with van der Waals surface area (Å²) in [4.78, 5) is 6.79. The number of halogens is 1. The van der Waals surface area contributed by atoms with Gasteiger partial charge in [0.1, 0.15) is 18.1 Å². The molecule has 1 saturated heterocycles. The number of ether oxygens (including phenoxy) is 1. The van der Waals surface area contributed by atoms with Gasteiger partial charge in [-0.2, -0.15) is 0 Å². The minimum absolute atomic E-state index is 0. The first-order valence-electron chi connectivity index (χ1n) is 9.67. The Kier molecular flexibility index (Phi) is 9.63. The van der Waals surface area contributed by atoms with E-state index in [1.807, 2.05) is 24.3 Å². The number of hydrogen-bond donors (Lipinski definition) is 2. The van der Waals surface area contributed by atoms with Gasteiger partial charge in [0.15, 0.2) is 5.96 Å². The summed E-state index contributed by atoms with van der Waals surface area (Å²) in [6.45, 7) is 6.31. The Bertz CT molecular complexity index is 715. The highest BCUT2D eigenvalue weighted by Gasteiger charge is 2.25. The number of hydrogen-bond acceptors (Lipinski definition) is 4. The molecule has 1 atom stereocenters. The van der Waals surface area contributed by atoms with Crippen LogP contribution in [0.25, 0.3) is 0 Å². The van der Waals surface area contributed by atoms with E-state index in [0.29, 0.717) is 13.2 Å². The molecule has 0 spiro atoms. The van der Waals surface area contributed by atoms with Gasteiger partial charge in [-0.15, -0.1) is 24.0 Å². The number of aliphatic imine (C=N–C) groups is 1. The Labute approximate surface area is 184 Å². The van der Waals surface area contributed by atoms with E-state index in [4.69, 9.17) is 9.15 Å². The highest BCUT2D eigenvalue weighted by atomic mass is 127. The van der Waals surface area contributed by atoms with E-state index < -0.39 is 0 Å². The van der Waals surface area contributed by atoms with Gasteiger partial charge in [0, 0.05) is 13.6 Å². The molecular weight excluding hydrogens is 467 g/mol. The molecule has 0 aliphatic carbocycles. The van der Waals surface area contributed by atoms with Crippen LogP contribution in [0.5, 0.6) is 5.75 Å². The minimum atomic E-state index is 0. The summed E-state index contributed by atoms with van der Waals surface area (Å²) in [6.07, 6.45) is 4.25. The van der Waals surface area contributed by atoms with Crippen molar-refractivity contribution in [3.05, 3.63) is 54.0 Å². The van der Waals surface area contributed by atoms with Crippen LogP contribution in [-0.4, -0.2) is 50.7 Å². The van der Waals surface area contributed by atoms with Crippen LogP contribution in [0, 0.1) is 6.92 Å². The van der Waals surface area contributed by atoms with Gasteiger partial charge >= 0.3 is 0 Å². The molecule has 6 nitrogen and oxygen atoms in total. The molecule has 2 N–H and O–H groups in total. The van der Waals surface area contributed by atoms with E-state index in [1.54, 1.807) is 13.3 Å². The molecule has 0 bridgehead atoms. The van der Waals surface area contributed by atoms with Gasteiger partial charge in [-0.1, -0.05) is 12.1 Å². The van der Waals surface area contributed by atoms with Crippen LogP contribution in [0.3, 0.4) is 0 Å². The van der Waals surface area contributed by atoms with Gasteiger partial charge < -0.3 is 19.8 Å². The number of guanidine groups is 1. The lowest BCUT2D eigenvalue weighted by Gasteiger charge is -2.26. The second kappa shape index (κ2) is 12.0. The maximum atomic E-state index is 5.78. The Hall–Kier alpha value is -1.74. The Balaban J connectivity index is 0.00000280. The normalized spacial score (nSPS) is 15.7. The molecule has 2 aromatic rings. The summed E-state index contributed by atoms with van der Waals surface area (Å²) < 4.78 is 11.4. The summed E-state index contributed by atoms with van der Waals surface area (Å²) in [5.74, 6) is 2.67. The maximum Gasteiger partial charge on any atom is 0.191 e. The topological polar surface area (TPSA) is 62.0 Å². The molecule has 7 heteroatoms. The summed E-state index contributed by atoms with van der Waals surface area (Å²) >= 11 is 0. The van der Waals surface area contributed by atoms with Crippen LogP contribution in [-0.2, 0) is 0 Å². The van der Waals surface area contributed by atoms with E-state index >= 15 is 0 Å².